The summed E-state index contributed by atoms with van der Waals surface area (Å²) < 4.78 is 41.7. The lowest BCUT2D eigenvalue weighted by Crippen LogP contribution is -2.48. The number of nitrogens with zero attached hydrogens (tertiary/aromatic N) is 2. The highest BCUT2D eigenvalue weighted by molar-refractivity contribution is 7.92. The fourth-order valence-corrected chi connectivity index (χ4v) is 7.45. The fourth-order valence-electron chi connectivity index (χ4n) is 6.40. The maximum atomic E-state index is 14.4. The van der Waals surface area contributed by atoms with Gasteiger partial charge in [0, 0.05) is 44.3 Å². The van der Waals surface area contributed by atoms with Crippen LogP contribution >= 0.6 is 0 Å². The molecule has 2 aromatic rings. The van der Waals surface area contributed by atoms with Crippen LogP contribution in [0.2, 0.25) is 0 Å². The zero-order chi connectivity index (χ0) is 34.1. The van der Waals surface area contributed by atoms with Crippen LogP contribution in [0.15, 0.2) is 47.4 Å². The summed E-state index contributed by atoms with van der Waals surface area (Å²) in [5.41, 5.74) is 1.37. The van der Waals surface area contributed by atoms with Crippen LogP contribution in [0.4, 0.5) is 5.69 Å². The Bertz CT molecular complexity index is 1440. The van der Waals surface area contributed by atoms with E-state index in [9.17, 15) is 23.1 Å². The number of amides is 2. The second-order valence-electron chi connectivity index (χ2n) is 13.5. The van der Waals surface area contributed by atoms with Gasteiger partial charge in [-0.25, -0.2) is 8.42 Å². The first-order chi connectivity index (χ1) is 22.4. The Balaban J connectivity index is 1.64. The van der Waals surface area contributed by atoms with Crippen molar-refractivity contribution in [2.24, 2.45) is 11.8 Å². The third-order valence-corrected chi connectivity index (χ3v) is 10.8. The van der Waals surface area contributed by atoms with E-state index in [1.54, 1.807) is 41.0 Å². The first kappa shape index (κ1) is 36.7. The predicted molar refractivity (Wildman–Crippen MR) is 183 cm³/mol. The number of hydrogen-bond acceptors (Lipinski definition) is 7. The lowest BCUT2D eigenvalue weighted by atomic mass is 9.88. The molecule has 1 fully saturated rings. The Kier molecular flexibility index (Phi) is 13.1. The van der Waals surface area contributed by atoms with E-state index in [0.29, 0.717) is 18.9 Å². The Hall–Kier alpha value is -3.15. The van der Waals surface area contributed by atoms with Gasteiger partial charge in [-0.1, -0.05) is 43.9 Å². The number of aryl methyl sites for hydroxylation is 1. The maximum absolute atomic E-state index is 14.4. The van der Waals surface area contributed by atoms with Gasteiger partial charge in [-0.15, -0.1) is 0 Å². The third-order valence-electron chi connectivity index (χ3n) is 9.42. The van der Waals surface area contributed by atoms with E-state index in [1.165, 1.54) is 24.6 Å². The molecule has 1 aliphatic carbocycles. The quantitative estimate of drug-likeness (QED) is 0.373. The third kappa shape index (κ3) is 9.93. The summed E-state index contributed by atoms with van der Waals surface area (Å²) in [6, 6.07) is 10.7. The number of anilines is 1. The molecule has 2 aliphatic rings. The van der Waals surface area contributed by atoms with Crippen LogP contribution in [-0.4, -0.2) is 86.7 Å². The van der Waals surface area contributed by atoms with Gasteiger partial charge < -0.3 is 24.4 Å². The zero-order valence-corrected chi connectivity index (χ0v) is 29.4. The Labute approximate surface area is 280 Å². The Morgan fingerprint density at radius 3 is 2.40 bits per heavy atom. The van der Waals surface area contributed by atoms with Crippen LogP contribution in [0.1, 0.15) is 88.1 Å². The molecule has 0 bridgehead atoms. The van der Waals surface area contributed by atoms with Crippen LogP contribution in [0.25, 0.3) is 0 Å². The lowest BCUT2D eigenvalue weighted by Gasteiger charge is -2.36. The number of aliphatic hydroxyl groups excluding tert-OH is 1. The highest BCUT2D eigenvalue weighted by atomic mass is 32.2. The largest absolute Gasteiger partial charge is 0.490 e. The van der Waals surface area contributed by atoms with E-state index in [2.05, 4.69) is 4.72 Å². The highest BCUT2D eigenvalue weighted by Crippen LogP contribution is 2.30. The van der Waals surface area contributed by atoms with Crippen LogP contribution < -0.4 is 9.46 Å². The van der Waals surface area contributed by atoms with E-state index in [1.807, 2.05) is 27.8 Å². The van der Waals surface area contributed by atoms with E-state index < -0.39 is 16.1 Å². The van der Waals surface area contributed by atoms with Crippen molar-refractivity contribution in [3.8, 4) is 5.75 Å². The van der Waals surface area contributed by atoms with Crippen LogP contribution in [0.5, 0.6) is 5.75 Å². The molecule has 4 rings (SSSR count). The van der Waals surface area contributed by atoms with Crippen molar-refractivity contribution in [1.29, 1.82) is 0 Å². The number of carbonyl (C=O) groups is 2. The molecule has 2 amide bonds. The molecule has 2 aromatic carbocycles. The molecule has 47 heavy (non-hydrogen) atoms. The van der Waals surface area contributed by atoms with Gasteiger partial charge in [0.1, 0.15) is 5.75 Å². The lowest BCUT2D eigenvalue weighted by molar-refractivity contribution is -0.137. The molecule has 0 radical (unpaired) electrons. The molecule has 0 unspecified atom stereocenters. The van der Waals surface area contributed by atoms with Crippen molar-refractivity contribution in [1.82, 2.24) is 9.80 Å². The minimum absolute atomic E-state index is 0.0469. The number of benzene rings is 2. The molecule has 260 valence electrons. The minimum atomic E-state index is -3.92. The monoisotopic (exact) mass is 671 g/mol. The zero-order valence-electron chi connectivity index (χ0n) is 28.6. The van der Waals surface area contributed by atoms with Gasteiger partial charge in [0.05, 0.1) is 35.3 Å². The number of sulfonamides is 1. The molecular formula is C36H53N3O7S. The summed E-state index contributed by atoms with van der Waals surface area (Å²) in [7, 11) is -2.08. The molecule has 4 atom stereocenters. The first-order valence-electron chi connectivity index (χ1n) is 17.1. The van der Waals surface area contributed by atoms with E-state index >= 15 is 0 Å². The summed E-state index contributed by atoms with van der Waals surface area (Å²) >= 11 is 0. The average Bonchev–Trinajstić information content (AvgIpc) is 3.06. The van der Waals surface area contributed by atoms with Gasteiger partial charge in [0.2, 0.25) is 5.91 Å². The summed E-state index contributed by atoms with van der Waals surface area (Å²) in [5, 5.41) is 10.2. The Morgan fingerprint density at radius 1 is 1.04 bits per heavy atom. The van der Waals surface area contributed by atoms with Crippen molar-refractivity contribution >= 4 is 27.5 Å². The summed E-state index contributed by atoms with van der Waals surface area (Å²) in [4.78, 5) is 31.2. The van der Waals surface area contributed by atoms with Gasteiger partial charge in [-0.3, -0.25) is 14.3 Å². The molecule has 2 N–H and O–H groups in total. The number of nitrogens with one attached hydrogen (secondary N) is 1. The molecule has 11 heteroatoms. The van der Waals surface area contributed by atoms with E-state index in [-0.39, 0.29) is 65.2 Å². The second-order valence-corrected chi connectivity index (χ2v) is 15.2. The molecule has 0 saturated heterocycles. The molecule has 10 nitrogen and oxygen atoms in total. The van der Waals surface area contributed by atoms with Gasteiger partial charge in [0.25, 0.3) is 15.9 Å². The number of hydrogen-bond donors (Lipinski definition) is 2. The highest BCUT2D eigenvalue weighted by Gasteiger charge is 2.32. The number of likely N-dealkylation sites (N-methyl/N-ethyl adjacent to an activating group) is 1. The van der Waals surface area contributed by atoms with E-state index in [0.717, 1.165) is 50.5 Å². The number of carbonyl (C=O) groups excluding carboxylic acids is 2. The molecule has 1 aliphatic heterocycles. The van der Waals surface area contributed by atoms with Crippen molar-refractivity contribution in [2.75, 3.05) is 38.1 Å². The summed E-state index contributed by atoms with van der Waals surface area (Å²) in [5.74, 6) is -0.0163. The predicted octanol–water partition coefficient (Wildman–Crippen LogP) is 5.63. The topological polar surface area (TPSA) is 125 Å². The fraction of sp³-hybridized carbons (Fsp3) is 0.611. The summed E-state index contributed by atoms with van der Waals surface area (Å²) in [6.07, 6.45) is 7.04. The summed E-state index contributed by atoms with van der Waals surface area (Å²) in [6.45, 7) is 8.53. The number of ether oxygens (including phenoxy) is 2. The van der Waals surface area contributed by atoms with Crippen molar-refractivity contribution in [3.63, 3.8) is 0 Å². The Morgan fingerprint density at radius 2 is 1.72 bits per heavy atom. The molecule has 0 aromatic heterocycles. The smallest absolute Gasteiger partial charge is 0.261 e. The normalized spacial score (nSPS) is 22.8. The van der Waals surface area contributed by atoms with Crippen molar-refractivity contribution < 1.29 is 32.6 Å². The minimum Gasteiger partial charge on any atom is -0.490 e. The SMILES string of the molecule is Cc1ccc(S(=O)(=O)Nc2ccc3c(c2)C(=O)N([C@@H](C)CO)C[C@@H](C)[C@@H](CN(C)C(=O)C2CCCCC2)OCCCC[C@@H](C)O3)cc1. The molecule has 0 spiro atoms. The average molecular weight is 672 g/mol. The number of rotatable bonds is 8. The van der Waals surface area contributed by atoms with Crippen LogP contribution in [0.3, 0.4) is 0 Å². The number of aliphatic hydroxyl groups is 1. The maximum Gasteiger partial charge on any atom is 0.261 e. The van der Waals surface area contributed by atoms with Crippen LogP contribution in [-0.2, 0) is 19.6 Å². The van der Waals surface area contributed by atoms with Crippen molar-refractivity contribution in [2.45, 2.75) is 102 Å². The van der Waals surface area contributed by atoms with Gasteiger partial charge in [-0.2, -0.15) is 0 Å². The molecule has 1 saturated carbocycles. The van der Waals surface area contributed by atoms with Gasteiger partial charge in [0.15, 0.2) is 0 Å². The van der Waals surface area contributed by atoms with Gasteiger partial charge in [-0.05, 0) is 83.2 Å². The van der Waals surface area contributed by atoms with E-state index in [4.69, 9.17) is 9.47 Å². The molecule has 1 heterocycles. The second kappa shape index (κ2) is 16.8. The van der Waals surface area contributed by atoms with Crippen molar-refractivity contribution in [3.05, 3.63) is 53.6 Å². The molecular weight excluding hydrogens is 618 g/mol. The standard InChI is InChI=1S/C36H53N3O7S/c1-25-14-17-31(18-15-25)47(43,44)37-30-16-19-33-32(21-30)36(42)39(27(3)24-40)22-26(2)34(45-20-10-9-11-28(4)46-33)23-38(5)35(41)29-12-7-6-8-13-29/h14-19,21,26-29,34,37,40H,6-13,20,22-24H2,1-5H3/t26-,27+,28-,34-/m1/s1. The van der Waals surface area contributed by atoms with Crippen LogP contribution in [0, 0.1) is 18.8 Å². The van der Waals surface area contributed by atoms with Gasteiger partial charge >= 0.3 is 0 Å². The number of fused-ring (bicyclic) bond motifs is 1. The first-order valence-corrected chi connectivity index (χ1v) is 18.6.